The molecule has 0 fully saturated rings. The zero-order valence-electron chi connectivity index (χ0n) is 11.8. The summed E-state index contributed by atoms with van der Waals surface area (Å²) in [6.45, 7) is 5.38. The smallest absolute Gasteiger partial charge is 0.323 e. The van der Waals surface area contributed by atoms with Gasteiger partial charge in [0.2, 0.25) is 0 Å². The van der Waals surface area contributed by atoms with Crippen LogP contribution in [0.1, 0.15) is 26.3 Å². The van der Waals surface area contributed by atoms with Gasteiger partial charge in [0.25, 0.3) is 0 Å². The maximum absolute atomic E-state index is 11.8. The molecule has 19 heavy (non-hydrogen) atoms. The predicted octanol–water partition coefficient (Wildman–Crippen LogP) is 1.61. The number of phenols is 1. The third kappa shape index (κ3) is 4.79. The maximum atomic E-state index is 11.8. The highest BCUT2D eigenvalue weighted by molar-refractivity contribution is 5.76. The Labute approximate surface area is 113 Å². The van der Waals surface area contributed by atoms with E-state index < -0.39 is 17.6 Å². The van der Waals surface area contributed by atoms with Crippen molar-refractivity contribution in [1.29, 1.82) is 0 Å². The number of esters is 1. The van der Waals surface area contributed by atoms with E-state index in [1.54, 1.807) is 32.9 Å². The van der Waals surface area contributed by atoms with Crippen LogP contribution in [-0.4, -0.2) is 29.8 Å². The van der Waals surface area contributed by atoms with Crippen molar-refractivity contribution >= 4 is 5.97 Å². The van der Waals surface area contributed by atoms with Gasteiger partial charge in [0.05, 0.1) is 7.11 Å². The van der Waals surface area contributed by atoms with Crippen molar-refractivity contribution < 1.29 is 19.4 Å². The third-order valence-corrected chi connectivity index (χ3v) is 2.41. The van der Waals surface area contributed by atoms with Gasteiger partial charge in [-0.25, -0.2) is 0 Å². The molecule has 106 valence electrons. The van der Waals surface area contributed by atoms with E-state index in [-0.39, 0.29) is 5.75 Å². The van der Waals surface area contributed by atoms with Crippen molar-refractivity contribution in [3.63, 3.8) is 0 Å². The Bertz CT molecular complexity index is 451. The van der Waals surface area contributed by atoms with E-state index in [0.29, 0.717) is 12.2 Å². The summed E-state index contributed by atoms with van der Waals surface area (Å²) in [6.07, 6.45) is 0.325. The van der Waals surface area contributed by atoms with Gasteiger partial charge in [-0.15, -0.1) is 0 Å². The van der Waals surface area contributed by atoms with Crippen LogP contribution >= 0.6 is 0 Å². The molecule has 0 aliphatic carbocycles. The van der Waals surface area contributed by atoms with Gasteiger partial charge in [0, 0.05) is 0 Å². The number of hydrogen-bond donors (Lipinski definition) is 2. The molecule has 5 nitrogen and oxygen atoms in total. The normalized spacial score (nSPS) is 12.9. The molecule has 1 rings (SSSR count). The minimum atomic E-state index is -0.742. The van der Waals surface area contributed by atoms with Gasteiger partial charge in [-0.3, -0.25) is 4.79 Å². The second-order valence-electron chi connectivity index (χ2n) is 5.35. The van der Waals surface area contributed by atoms with Crippen LogP contribution in [0, 0.1) is 0 Å². The van der Waals surface area contributed by atoms with E-state index in [4.69, 9.17) is 15.2 Å². The predicted molar refractivity (Wildman–Crippen MR) is 72.2 cm³/mol. The minimum absolute atomic E-state index is 0.0529. The van der Waals surface area contributed by atoms with Crippen LogP contribution < -0.4 is 10.5 Å². The van der Waals surface area contributed by atoms with Gasteiger partial charge in [0.1, 0.15) is 11.6 Å². The summed E-state index contributed by atoms with van der Waals surface area (Å²) in [6, 6.07) is 4.12. The van der Waals surface area contributed by atoms with Crippen LogP contribution in [0.25, 0.3) is 0 Å². The largest absolute Gasteiger partial charge is 0.504 e. The Morgan fingerprint density at radius 3 is 2.58 bits per heavy atom. The number of benzene rings is 1. The number of hydrogen-bond acceptors (Lipinski definition) is 5. The van der Waals surface area contributed by atoms with E-state index in [1.165, 1.54) is 13.2 Å². The van der Waals surface area contributed by atoms with Crippen LogP contribution in [0.2, 0.25) is 0 Å². The average molecular weight is 267 g/mol. The number of nitrogens with two attached hydrogens (primary N) is 1. The lowest BCUT2D eigenvalue weighted by molar-refractivity contribution is -0.156. The molecule has 1 atom stereocenters. The minimum Gasteiger partial charge on any atom is -0.504 e. The molecule has 3 N–H and O–H groups in total. The fourth-order valence-corrected chi connectivity index (χ4v) is 1.56. The summed E-state index contributed by atoms with van der Waals surface area (Å²) >= 11 is 0. The zero-order chi connectivity index (χ0) is 14.6. The molecule has 0 amide bonds. The quantitative estimate of drug-likeness (QED) is 0.810. The van der Waals surface area contributed by atoms with Crippen molar-refractivity contribution in [2.75, 3.05) is 7.11 Å². The molecule has 0 aromatic heterocycles. The van der Waals surface area contributed by atoms with Gasteiger partial charge >= 0.3 is 5.97 Å². The molecular formula is C14H21NO4. The Balaban J connectivity index is 2.71. The molecule has 0 radical (unpaired) electrons. The lowest BCUT2D eigenvalue weighted by Gasteiger charge is -2.22. The zero-order valence-corrected chi connectivity index (χ0v) is 11.8. The van der Waals surface area contributed by atoms with Crippen LogP contribution in [-0.2, 0) is 16.0 Å². The van der Waals surface area contributed by atoms with E-state index in [0.717, 1.165) is 5.56 Å². The molecule has 0 aliphatic heterocycles. The first-order chi connectivity index (χ1) is 8.73. The summed E-state index contributed by atoms with van der Waals surface area (Å²) in [7, 11) is 1.46. The summed E-state index contributed by atoms with van der Waals surface area (Å²) in [4.78, 5) is 11.8. The number of carbonyl (C=O) groups excluding carboxylic acids is 1. The standard InChI is InChI=1S/C14H21NO4/c1-14(2,3)19-13(17)10(15)7-9-5-6-11(16)12(8-9)18-4/h5-6,8,10,16H,7,15H2,1-4H3/t10-/m0/s1. The molecule has 5 heteroatoms. The van der Waals surface area contributed by atoms with Crippen molar-refractivity contribution in [3.05, 3.63) is 23.8 Å². The summed E-state index contributed by atoms with van der Waals surface area (Å²) < 4.78 is 10.2. The van der Waals surface area contributed by atoms with E-state index >= 15 is 0 Å². The van der Waals surface area contributed by atoms with Crippen molar-refractivity contribution in [2.24, 2.45) is 5.73 Å². The number of rotatable bonds is 4. The molecule has 0 unspecified atom stereocenters. The summed E-state index contributed by atoms with van der Waals surface area (Å²) in [5.74, 6) is -0.0366. The van der Waals surface area contributed by atoms with Gasteiger partial charge in [-0.1, -0.05) is 6.07 Å². The average Bonchev–Trinajstić information content (AvgIpc) is 2.29. The molecule has 0 bridgehead atoms. The highest BCUT2D eigenvalue weighted by atomic mass is 16.6. The number of methoxy groups -OCH3 is 1. The number of carbonyl (C=O) groups is 1. The van der Waals surface area contributed by atoms with Crippen LogP contribution in [0.3, 0.4) is 0 Å². The molecule has 0 aliphatic rings. The van der Waals surface area contributed by atoms with Gasteiger partial charge in [-0.2, -0.15) is 0 Å². The van der Waals surface area contributed by atoms with Crippen LogP contribution in [0.5, 0.6) is 11.5 Å². The SMILES string of the molecule is COc1cc(C[C@H](N)C(=O)OC(C)(C)C)ccc1O. The highest BCUT2D eigenvalue weighted by Crippen LogP contribution is 2.26. The van der Waals surface area contributed by atoms with Crippen molar-refractivity contribution in [2.45, 2.75) is 38.8 Å². The molecule has 1 aromatic carbocycles. The molecular weight excluding hydrogens is 246 g/mol. The number of aromatic hydroxyl groups is 1. The van der Waals surface area contributed by atoms with Gasteiger partial charge in [0.15, 0.2) is 11.5 Å². The fourth-order valence-electron chi connectivity index (χ4n) is 1.56. The van der Waals surface area contributed by atoms with Gasteiger partial charge in [-0.05, 0) is 44.9 Å². The second-order valence-corrected chi connectivity index (χ2v) is 5.35. The van der Waals surface area contributed by atoms with Crippen molar-refractivity contribution in [3.8, 4) is 11.5 Å². The Kier molecular flexibility index (Phi) is 4.78. The van der Waals surface area contributed by atoms with E-state index in [2.05, 4.69) is 0 Å². The van der Waals surface area contributed by atoms with Crippen LogP contribution in [0.4, 0.5) is 0 Å². The molecule has 0 heterocycles. The van der Waals surface area contributed by atoms with Crippen molar-refractivity contribution in [1.82, 2.24) is 0 Å². The molecule has 1 aromatic rings. The Morgan fingerprint density at radius 1 is 1.42 bits per heavy atom. The first kappa shape index (κ1) is 15.3. The topological polar surface area (TPSA) is 81.8 Å². The lowest BCUT2D eigenvalue weighted by Crippen LogP contribution is -2.38. The van der Waals surface area contributed by atoms with E-state index in [1.807, 2.05) is 0 Å². The summed E-state index contributed by atoms with van der Waals surface area (Å²) in [5, 5.41) is 9.48. The first-order valence-electron chi connectivity index (χ1n) is 6.07. The molecule has 0 saturated carbocycles. The molecule has 0 spiro atoms. The molecule has 0 saturated heterocycles. The Morgan fingerprint density at radius 2 is 2.05 bits per heavy atom. The lowest BCUT2D eigenvalue weighted by atomic mass is 10.1. The highest BCUT2D eigenvalue weighted by Gasteiger charge is 2.22. The Hall–Kier alpha value is -1.75. The summed E-state index contributed by atoms with van der Waals surface area (Å²) in [5.41, 5.74) is 6.05. The van der Waals surface area contributed by atoms with Crippen LogP contribution in [0.15, 0.2) is 18.2 Å². The number of ether oxygens (including phenoxy) is 2. The maximum Gasteiger partial charge on any atom is 0.323 e. The first-order valence-corrected chi connectivity index (χ1v) is 6.07. The third-order valence-electron chi connectivity index (χ3n) is 2.41. The second kappa shape index (κ2) is 5.93. The van der Waals surface area contributed by atoms with E-state index in [9.17, 15) is 9.90 Å². The van der Waals surface area contributed by atoms with Gasteiger partial charge < -0.3 is 20.3 Å². The fraction of sp³-hybridized carbons (Fsp3) is 0.500. The monoisotopic (exact) mass is 267 g/mol. The number of phenolic OH excluding ortho intramolecular Hbond substituents is 1.